The number of alkyl halides is 3. The fourth-order valence-corrected chi connectivity index (χ4v) is 2.86. The Hall–Kier alpha value is -3.28. The smallest absolute Gasteiger partial charge is 0.475 e. The molecule has 9 nitrogen and oxygen atoms in total. The van der Waals surface area contributed by atoms with Crippen LogP contribution < -0.4 is 4.90 Å². The van der Waals surface area contributed by atoms with E-state index in [1.165, 1.54) is 0 Å². The number of rotatable bonds is 4. The van der Waals surface area contributed by atoms with Crippen molar-refractivity contribution in [2.45, 2.75) is 26.6 Å². The van der Waals surface area contributed by atoms with Crippen molar-refractivity contribution in [2.24, 2.45) is 0 Å². The molecule has 0 fully saturated rings. The summed E-state index contributed by atoms with van der Waals surface area (Å²) in [5.74, 6) is -1.93. The van der Waals surface area contributed by atoms with Crippen LogP contribution in [-0.4, -0.2) is 76.4 Å². The molecule has 32 heavy (non-hydrogen) atoms. The number of halogens is 3. The maximum atomic E-state index is 12.8. The van der Waals surface area contributed by atoms with E-state index in [9.17, 15) is 18.0 Å². The number of anilines is 1. The normalized spacial score (nSPS) is 13.6. The molecule has 2 aromatic rings. The number of amides is 1. The molecule has 0 atom stereocenters. The van der Waals surface area contributed by atoms with Crippen LogP contribution in [0.15, 0.2) is 24.5 Å². The molecule has 2 aromatic heterocycles. The van der Waals surface area contributed by atoms with Gasteiger partial charge >= 0.3 is 12.1 Å². The van der Waals surface area contributed by atoms with Gasteiger partial charge in [-0.15, -0.1) is 0 Å². The third-order valence-electron chi connectivity index (χ3n) is 4.49. The van der Waals surface area contributed by atoms with E-state index in [1.807, 2.05) is 30.9 Å². The van der Waals surface area contributed by atoms with Crippen LogP contribution in [0.5, 0.6) is 0 Å². The molecule has 174 valence electrons. The van der Waals surface area contributed by atoms with Gasteiger partial charge in [-0.3, -0.25) is 9.78 Å². The molecule has 1 aliphatic heterocycles. The number of aliphatic carboxylic acids is 1. The zero-order valence-corrected chi connectivity index (χ0v) is 17.9. The Labute approximate surface area is 182 Å². The predicted molar refractivity (Wildman–Crippen MR) is 108 cm³/mol. The molecule has 0 spiro atoms. The van der Waals surface area contributed by atoms with Gasteiger partial charge in [-0.05, 0) is 19.9 Å². The lowest BCUT2D eigenvalue weighted by Gasteiger charge is -2.23. The van der Waals surface area contributed by atoms with E-state index in [0.717, 1.165) is 29.3 Å². The van der Waals surface area contributed by atoms with Crippen molar-refractivity contribution in [3.63, 3.8) is 0 Å². The van der Waals surface area contributed by atoms with Crippen LogP contribution in [0.3, 0.4) is 0 Å². The molecule has 0 radical (unpaired) electrons. The van der Waals surface area contributed by atoms with E-state index in [0.29, 0.717) is 31.9 Å². The van der Waals surface area contributed by atoms with Crippen molar-refractivity contribution in [3.05, 3.63) is 47.2 Å². The Morgan fingerprint density at radius 1 is 1.12 bits per heavy atom. The number of nitrogens with zero attached hydrogens (tertiary/aromatic N) is 5. The van der Waals surface area contributed by atoms with Gasteiger partial charge in [0.15, 0.2) is 0 Å². The third kappa shape index (κ3) is 6.87. The number of carboxylic acid groups (broad SMARTS) is 1. The number of ether oxygens (including phenoxy) is 1. The van der Waals surface area contributed by atoms with Crippen LogP contribution in [0.2, 0.25) is 0 Å². The van der Waals surface area contributed by atoms with Crippen LogP contribution >= 0.6 is 0 Å². The zero-order valence-electron chi connectivity index (χ0n) is 17.9. The number of hydrogen-bond donors (Lipinski definition) is 1. The molecule has 12 heteroatoms. The van der Waals surface area contributed by atoms with E-state index in [1.54, 1.807) is 19.5 Å². The first kappa shape index (κ1) is 25.0. The van der Waals surface area contributed by atoms with Gasteiger partial charge in [-0.25, -0.2) is 14.8 Å². The van der Waals surface area contributed by atoms with E-state index < -0.39 is 12.1 Å². The number of methoxy groups -OCH3 is 1. The highest BCUT2D eigenvalue weighted by Gasteiger charge is 2.38. The lowest BCUT2D eigenvalue weighted by Crippen LogP contribution is -2.37. The minimum atomic E-state index is -5.08. The van der Waals surface area contributed by atoms with Crippen molar-refractivity contribution in [1.82, 2.24) is 19.9 Å². The molecule has 0 aromatic carbocycles. The van der Waals surface area contributed by atoms with Crippen LogP contribution in [0, 0.1) is 13.8 Å². The number of hydrogen-bond acceptors (Lipinski definition) is 7. The van der Waals surface area contributed by atoms with E-state index >= 15 is 0 Å². The van der Waals surface area contributed by atoms with Crippen LogP contribution in [0.4, 0.5) is 19.0 Å². The topological polar surface area (TPSA) is 109 Å². The summed E-state index contributed by atoms with van der Waals surface area (Å²) in [4.78, 5) is 38.8. The standard InChI is InChI=1S/C18H23N5O2.C2HF3O2/c1-13-4-5-15-12-23(18(24)16-11-19-14(2)10-20-16)7-6-22(8-9-25-3)17(15)21-13;3-2(4,5)1(6)7/h4-5,10-11H,6-9,12H2,1-3H3;(H,6,7). The second kappa shape index (κ2) is 10.8. The maximum absolute atomic E-state index is 12.8. The summed E-state index contributed by atoms with van der Waals surface area (Å²) in [6, 6.07) is 4.02. The molecule has 1 aliphatic rings. The minimum absolute atomic E-state index is 0.104. The first-order valence-electron chi connectivity index (χ1n) is 9.61. The molecule has 1 N–H and O–H groups in total. The number of carbonyl (C=O) groups excluding carboxylic acids is 1. The summed E-state index contributed by atoms with van der Waals surface area (Å²) < 4.78 is 37.0. The van der Waals surface area contributed by atoms with Crippen LogP contribution in [0.1, 0.15) is 27.4 Å². The highest BCUT2D eigenvalue weighted by Crippen LogP contribution is 2.24. The SMILES string of the molecule is COCCN1CCN(C(=O)c2cnc(C)cn2)Cc2ccc(C)nc21.O=C(O)C(F)(F)F. The number of pyridine rings is 1. The Morgan fingerprint density at radius 3 is 2.38 bits per heavy atom. The number of carbonyl (C=O) groups is 2. The van der Waals surface area contributed by atoms with Gasteiger partial charge < -0.3 is 19.6 Å². The van der Waals surface area contributed by atoms with E-state index in [4.69, 9.17) is 19.6 Å². The molecule has 1 amide bonds. The first-order valence-corrected chi connectivity index (χ1v) is 9.61. The average Bonchev–Trinajstić information content (AvgIpc) is 2.91. The Kier molecular flexibility index (Phi) is 8.47. The third-order valence-corrected chi connectivity index (χ3v) is 4.49. The Morgan fingerprint density at radius 2 is 1.81 bits per heavy atom. The summed E-state index contributed by atoms with van der Waals surface area (Å²) >= 11 is 0. The molecule has 0 aliphatic carbocycles. The minimum Gasteiger partial charge on any atom is -0.475 e. The first-order chi connectivity index (χ1) is 15.0. The summed E-state index contributed by atoms with van der Waals surface area (Å²) in [6.07, 6.45) is -1.92. The molecule has 0 unspecified atom stereocenters. The number of aromatic nitrogens is 3. The van der Waals surface area contributed by atoms with Crippen LogP contribution in [-0.2, 0) is 16.1 Å². The molecule has 0 bridgehead atoms. The number of aryl methyl sites for hydroxylation is 2. The quantitative estimate of drug-likeness (QED) is 0.748. The van der Waals surface area contributed by atoms with Gasteiger partial charge in [-0.2, -0.15) is 13.2 Å². The maximum Gasteiger partial charge on any atom is 0.490 e. The van der Waals surface area contributed by atoms with Crippen molar-refractivity contribution in [1.29, 1.82) is 0 Å². The lowest BCUT2D eigenvalue weighted by atomic mass is 10.2. The fourth-order valence-electron chi connectivity index (χ4n) is 2.86. The van der Waals surface area contributed by atoms with Crippen molar-refractivity contribution < 1.29 is 32.6 Å². The summed E-state index contributed by atoms with van der Waals surface area (Å²) in [5, 5.41) is 7.12. The second-order valence-corrected chi connectivity index (χ2v) is 6.99. The lowest BCUT2D eigenvalue weighted by molar-refractivity contribution is -0.192. The number of carboxylic acids is 1. The monoisotopic (exact) mass is 455 g/mol. The highest BCUT2D eigenvalue weighted by molar-refractivity contribution is 5.92. The van der Waals surface area contributed by atoms with Gasteiger partial charge in [0, 0.05) is 50.7 Å². The van der Waals surface area contributed by atoms with Gasteiger partial charge in [0.1, 0.15) is 11.5 Å². The highest BCUT2D eigenvalue weighted by atomic mass is 19.4. The molecule has 3 heterocycles. The summed E-state index contributed by atoms with van der Waals surface area (Å²) in [6.45, 7) is 7.01. The summed E-state index contributed by atoms with van der Waals surface area (Å²) in [5.41, 5.74) is 3.17. The Balaban J connectivity index is 0.000000451. The van der Waals surface area contributed by atoms with E-state index in [-0.39, 0.29) is 5.91 Å². The molecule has 3 rings (SSSR count). The van der Waals surface area contributed by atoms with Crippen LogP contribution in [0.25, 0.3) is 0 Å². The molecular weight excluding hydrogens is 431 g/mol. The van der Waals surface area contributed by atoms with Crippen molar-refractivity contribution in [2.75, 3.05) is 38.3 Å². The van der Waals surface area contributed by atoms with Gasteiger partial charge in [-0.1, -0.05) is 6.07 Å². The van der Waals surface area contributed by atoms with E-state index in [2.05, 4.69) is 14.9 Å². The van der Waals surface area contributed by atoms with Gasteiger partial charge in [0.05, 0.1) is 18.5 Å². The molecular formula is C20H24F3N5O4. The zero-order chi connectivity index (χ0) is 23.9. The number of fused-ring (bicyclic) bond motifs is 1. The predicted octanol–water partition coefficient (Wildman–Crippen LogP) is 2.23. The summed E-state index contributed by atoms with van der Waals surface area (Å²) in [7, 11) is 1.69. The average molecular weight is 455 g/mol. The van der Waals surface area contributed by atoms with Gasteiger partial charge in [0.2, 0.25) is 0 Å². The fraction of sp³-hybridized carbons (Fsp3) is 0.450. The van der Waals surface area contributed by atoms with Crippen molar-refractivity contribution >= 4 is 17.7 Å². The molecule has 0 saturated heterocycles. The Bertz CT molecular complexity index is 938. The molecule has 0 saturated carbocycles. The second-order valence-electron chi connectivity index (χ2n) is 6.99. The van der Waals surface area contributed by atoms with Gasteiger partial charge in [0.25, 0.3) is 5.91 Å². The largest absolute Gasteiger partial charge is 0.490 e. The van der Waals surface area contributed by atoms with Crippen molar-refractivity contribution in [3.8, 4) is 0 Å².